The highest BCUT2D eigenvalue weighted by atomic mass is 32.2. The van der Waals surface area contributed by atoms with Crippen LogP contribution in [-0.4, -0.2) is 49.3 Å². The molecule has 0 saturated carbocycles. The van der Waals surface area contributed by atoms with E-state index in [4.69, 9.17) is 15.9 Å². The Morgan fingerprint density at radius 2 is 1.83 bits per heavy atom. The van der Waals surface area contributed by atoms with Gasteiger partial charge in [0.2, 0.25) is 10.0 Å². The molecule has 2 aromatic rings. The van der Waals surface area contributed by atoms with E-state index in [1.807, 2.05) is 0 Å². The molecular formula is C19H22N4O5S. The molecule has 2 aromatic carbocycles. The molecule has 1 aliphatic rings. The van der Waals surface area contributed by atoms with Crippen LogP contribution in [0.1, 0.15) is 18.4 Å². The average molecular weight is 418 g/mol. The van der Waals surface area contributed by atoms with Crippen LogP contribution in [-0.2, 0) is 14.8 Å². The SMILES string of the molecule is N=C(N)c1ccc(O)c(OCC(=O)Nc2ccc(S(=O)(=O)N3CCCC3)cc2)c1. The van der Waals surface area contributed by atoms with Crippen molar-refractivity contribution in [2.75, 3.05) is 25.0 Å². The summed E-state index contributed by atoms with van der Waals surface area (Å²) in [6, 6.07) is 10.1. The maximum atomic E-state index is 12.5. The zero-order valence-electron chi connectivity index (χ0n) is 15.6. The van der Waals surface area contributed by atoms with Crippen LogP contribution in [0.3, 0.4) is 0 Å². The molecule has 29 heavy (non-hydrogen) atoms. The van der Waals surface area contributed by atoms with E-state index < -0.39 is 15.9 Å². The highest BCUT2D eigenvalue weighted by Crippen LogP contribution is 2.27. The highest BCUT2D eigenvalue weighted by molar-refractivity contribution is 7.89. The number of nitrogens with two attached hydrogens (primary N) is 1. The number of phenolic OH excluding ortho intramolecular Hbond substituents is 1. The Balaban J connectivity index is 1.60. The van der Waals surface area contributed by atoms with Gasteiger partial charge in [-0.15, -0.1) is 0 Å². The molecule has 0 unspecified atom stereocenters. The van der Waals surface area contributed by atoms with Gasteiger partial charge in [-0.05, 0) is 55.3 Å². The summed E-state index contributed by atoms with van der Waals surface area (Å²) in [5.74, 6) is -0.838. The Bertz CT molecular complexity index is 1020. The first-order chi connectivity index (χ1) is 13.8. The van der Waals surface area contributed by atoms with Crippen molar-refractivity contribution < 1.29 is 23.1 Å². The monoisotopic (exact) mass is 418 g/mol. The number of phenols is 1. The average Bonchev–Trinajstić information content (AvgIpc) is 3.23. The van der Waals surface area contributed by atoms with Gasteiger partial charge in [0.25, 0.3) is 5.91 Å². The molecule has 0 atom stereocenters. The van der Waals surface area contributed by atoms with Crippen molar-refractivity contribution in [2.45, 2.75) is 17.7 Å². The number of aromatic hydroxyl groups is 1. The smallest absolute Gasteiger partial charge is 0.262 e. The number of nitrogens with one attached hydrogen (secondary N) is 2. The lowest BCUT2D eigenvalue weighted by Gasteiger charge is -2.15. The number of ether oxygens (including phenoxy) is 1. The zero-order chi connectivity index (χ0) is 21.0. The van der Waals surface area contributed by atoms with E-state index >= 15 is 0 Å². The molecule has 0 radical (unpaired) electrons. The first-order valence-corrected chi connectivity index (χ1v) is 10.4. The predicted octanol–water partition coefficient (Wildman–Crippen LogP) is 1.48. The quantitative estimate of drug-likeness (QED) is 0.396. The molecule has 1 saturated heterocycles. The fourth-order valence-corrected chi connectivity index (χ4v) is 4.44. The van der Waals surface area contributed by atoms with E-state index in [1.165, 1.54) is 46.8 Å². The topological polar surface area (TPSA) is 146 Å². The number of carbonyl (C=O) groups is 1. The van der Waals surface area contributed by atoms with Gasteiger partial charge >= 0.3 is 0 Å². The van der Waals surface area contributed by atoms with Crippen molar-refractivity contribution in [1.82, 2.24) is 4.31 Å². The zero-order valence-corrected chi connectivity index (χ0v) is 16.4. The molecule has 1 fully saturated rings. The number of amides is 1. The summed E-state index contributed by atoms with van der Waals surface area (Å²) >= 11 is 0. The van der Waals surface area contributed by atoms with E-state index in [1.54, 1.807) is 0 Å². The Hall–Kier alpha value is -3.11. The molecule has 0 spiro atoms. The molecule has 154 valence electrons. The van der Waals surface area contributed by atoms with Crippen molar-refractivity contribution in [3.05, 3.63) is 48.0 Å². The number of sulfonamides is 1. The summed E-state index contributed by atoms with van der Waals surface area (Å²) < 4.78 is 31.8. The third-order valence-corrected chi connectivity index (χ3v) is 6.38. The fourth-order valence-electron chi connectivity index (χ4n) is 2.93. The summed E-state index contributed by atoms with van der Waals surface area (Å²) in [5.41, 5.74) is 6.17. The van der Waals surface area contributed by atoms with Gasteiger partial charge in [0.15, 0.2) is 18.1 Å². The second-order valence-corrected chi connectivity index (χ2v) is 8.51. The lowest BCUT2D eigenvalue weighted by Crippen LogP contribution is -2.27. The highest BCUT2D eigenvalue weighted by Gasteiger charge is 2.26. The Morgan fingerprint density at radius 1 is 1.17 bits per heavy atom. The van der Waals surface area contributed by atoms with Gasteiger partial charge in [0.05, 0.1) is 4.90 Å². The molecule has 9 nitrogen and oxygen atoms in total. The van der Waals surface area contributed by atoms with Crippen LogP contribution >= 0.6 is 0 Å². The minimum absolute atomic E-state index is 0.0277. The molecule has 0 bridgehead atoms. The van der Waals surface area contributed by atoms with Gasteiger partial charge in [-0.2, -0.15) is 4.31 Å². The van der Waals surface area contributed by atoms with E-state index in [0.29, 0.717) is 24.3 Å². The van der Waals surface area contributed by atoms with Crippen LogP contribution in [0.2, 0.25) is 0 Å². The van der Waals surface area contributed by atoms with Crippen molar-refractivity contribution in [3.8, 4) is 11.5 Å². The minimum atomic E-state index is -3.51. The molecule has 1 heterocycles. The van der Waals surface area contributed by atoms with Crippen LogP contribution in [0.5, 0.6) is 11.5 Å². The van der Waals surface area contributed by atoms with Crippen molar-refractivity contribution in [2.24, 2.45) is 5.73 Å². The summed E-state index contributed by atoms with van der Waals surface area (Å²) in [6.45, 7) is 0.661. The third-order valence-electron chi connectivity index (χ3n) is 4.47. The number of rotatable bonds is 7. The maximum absolute atomic E-state index is 12.5. The van der Waals surface area contributed by atoms with E-state index in [0.717, 1.165) is 12.8 Å². The number of anilines is 1. The number of nitrogen functional groups attached to an aromatic ring is 1. The Morgan fingerprint density at radius 3 is 2.45 bits per heavy atom. The standard InChI is InChI=1S/C19H22N4O5S/c20-19(21)13-3-8-16(24)17(11-13)28-12-18(25)22-14-4-6-15(7-5-14)29(26,27)23-9-1-2-10-23/h3-8,11,24H,1-2,9-10,12H2,(H3,20,21)(H,22,25). The van der Waals surface area contributed by atoms with E-state index in [9.17, 15) is 18.3 Å². The Kier molecular flexibility index (Phi) is 6.04. The third kappa shape index (κ3) is 4.84. The second-order valence-electron chi connectivity index (χ2n) is 6.57. The number of carbonyl (C=O) groups excluding carboxylic acids is 1. The van der Waals surface area contributed by atoms with Crippen LogP contribution in [0.4, 0.5) is 5.69 Å². The second kappa shape index (κ2) is 8.50. The van der Waals surface area contributed by atoms with Crippen LogP contribution in [0.15, 0.2) is 47.4 Å². The molecule has 5 N–H and O–H groups in total. The van der Waals surface area contributed by atoms with Crippen molar-refractivity contribution >= 4 is 27.5 Å². The number of amidine groups is 1. The van der Waals surface area contributed by atoms with Gasteiger partial charge in [0, 0.05) is 24.3 Å². The number of nitrogens with zero attached hydrogens (tertiary/aromatic N) is 1. The summed E-state index contributed by atoms with van der Waals surface area (Å²) in [7, 11) is -3.51. The fraction of sp³-hybridized carbons (Fsp3) is 0.263. The normalized spacial score (nSPS) is 14.5. The van der Waals surface area contributed by atoms with Gasteiger partial charge in [-0.3, -0.25) is 10.2 Å². The van der Waals surface area contributed by atoms with Gasteiger partial charge in [-0.1, -0.05) is 0 Å². The van der Waals surface area contributed by atoms with Crippen LogP contribution in [0.25, 0.3) is 0 Å². The molecule has 1 amide bonds. The van der Waals surface area contributed by atoms with Crippen LogP contribution in [0, 0.1) is 5.41 Å². The molecule has 1 aliphatic heterocycles. The van der Waals surface area contributed by atoms with Crippen molar-refractivity contribution in [3.63, 3.8) is 0 Å². The first kappa shape index (κ1) is 20.6. The summed E-state index contributed by atoms with van der Waals surface area (Å²) in [5, 5.41) is 19.8. The molecule has 10 heteroatoms. The summed E-state index contributed by atoms with van der Waals surface area (Å²) in [6.07, 6.45) is 1.72. The van der Waals surface area contributed by atoms with Crippen molar-refractivity contribution in [1.29, 1.82) is 5.41 Å². The first-order valence-electron chi connectivity index (χ1n) is 8.97. The largest absolute Gasteiger partial charge is 0.504 e. The lowest BCUT2D eigenvalue weighted by atomic mass is 10.2. The van der Waals surface area contributed by atoms with Gasteiger partial charge in [0.1, 0.15) is 5.84 Å². The molecule has 0 aliphatic carbocycles. The summed E-state index contributed by atoms with van der Waals surface area (Å²) in [4.78, 5) is 12.3. The number of hydrogen-bond donors (Lipinski definition) is 4. The molecule has 3 rings (SSSR count). The van der Waals surface area contributed by atoms with E-state index in [2.05, 4.69) is 5.32 Å². The van der Waals surface area contributed by atoms with Gasteiger partial charge < -0.3 is 20.9 Å². The number of benzene rings is 2. The predicted molar refractivity (Wildman–Crippen MR) is 108 cm³/mol. The van der Waals surface area contributed by atoms with E-state index in [-0.39, 0.29) is 28.8 Å². The minimum Gasteiger partial charge on any atom is -0.504 e. The lowest BCUT2D eigenvalue weighted by molar-refractivity contribution is -0.118. The van der Waals surface area contributed by atoms with Crippen LogP contribution < -0.4 is 15.8 Å². The molecular weight excluding hydrogens is 396 g/mol. The number of hydrogen-bond acceptors (Lipinski definition) is 6. The Labute approximate surface area is 168 Å². The maximum Gasteiger partial charge on any atom is 0.262 e. The van der Waals surface area contributed by atoms with Gasteiger partial charge in [-0.25, -0.2) is 8.42 Å². The molecule has 0 aromatic heterocycles.